The van der Waals surface area contributed by atoms with E-state index in [9.17, 15) is 0 Å². The van der Waals surface area contributed by atoms with E-state index >= 15 is 0 Å². The number of aliphatic hydroxyl groups is 1. The Bertz CT molecular complexity index is 190. The predicted molar refractivity (Wildman–Crippen MR) is 100 cm³/mol. The Morgan fingerprint density at radius 1 is 0.500 bits per heavy atom. The van der Waals surface area contributed by atoms with Crippen LogP contribution in [0.2, 0.25) is 0 Å². The number of aliphatic hydroxyl groups excluding tert-OH is 1. The van der Waals surface area contributed by atoms with E-state index in [1.807, 2.05) is 0 Å². The van der Waals surface area contributed by atoms with Gasteiger partial charge in [0.05, 0.1) is 0 Å². The maximum atomic E-state index is 8.97. The molecule has 1 nitrogen and oxygen atoms in total. The molecular weight excluding hydrogens is 268 g/mol. The number of hydrogen-bond donors (Lipinski definition) is 1. The van der Waals surface area contributed by atoms with Crippen LogP contribution in [0.15, 0.2) is 0 Å². The zero-order valence-corrected chi connectivity index (χ0v) is 15.8. The first-order valence-corrected chi connectivity index (χ1v) is 10.5. The van der Waals surface area contributed by atoms with E-state index < -0.39 is 0 Å². The molecule has 1 N–H and O–H groups in total. The highest BCUT2D eigenvalue weighted by molar-refractivity contribution is 4.61. The molecule has 1 heteroatoms. The first-order valence-electron chi connectivity index (χ1n) is 10.5. The maximum Gasteiger partial charge on any atom is 0.0431 e. The van der Waals surface area contributed by atoms with Gasteiger partial charge in [-0.15, -0.1) is 0 Å². The van der Waals surface area contributed by atoms with Gasteiger partial charge in [0.2, 0.25) is 0 Å². The molecule has 0 amide bonds. The van der Waals surface area contributed by atoms with Crippen molar-refractivity contribution in [1.82, 2.24) is 0 Å². The molecule has 0 aromatic rings. The Morgan fingerprint density at radius 2 is 0.864 bits per heavy atom. The summed E-state index contributed by atoms with van der Waals surface area (Å²) in [6.07, 6.45) is 23.5. The summed E-state index contributed by atoms with van der Waals surface area (Å²) in [5.74, 6) is 0.934. The van der Waals surface area contributed by atoms with E-state index in [4.69, 9.17) is 5.11 Å². The first-order chi connectivity index (χ1) is 10.8. The van der Waals surface area contributed by atoms with Gasteiger partial charge in [0.15, 0.2) is 0 Å². The van der Waals surface area contributed by atoms with E-state index in [0.29, 0.717) is 6.61 Å². The van der Waals surface area contributed by atoms with Gasteiger partial charge in [-0.05, 0) is 12.3 Å². The molecule has 0 saturated heterocycles. The van der Waals surface area contributed by atoms with Crippen molar-refractivity contribution in [2.45, 2.75) is 123 Å². The summed E-state index contributed by atoms with van der Waals surface area (Å²) in [5, 5.41) is 8.97. The van der Waals surface area contributed by atoms with Crippen molar-refractivity contribution in [3.63, 3.8) is 0 Å². The monoisotopic (exact) mass is 312 g/mol. The minimum Gasteiger partial charge on any atom is -0.396 e. The first kappa shape index (κ1) is 22.0. The number of unbranched alkanes of at least 4 members (excludes halogenated alkanes) is 11. The third-order valence-corrected chi connectivity index (χ3v) is 4.95. The van der Waals surface area contributed by atoms with Gasteiger partial charge >= 0.3 is 0 Å². The predicted octanol–water partition coefficient (Wildman–Crippen LogP) is 7.27. The SMILES string of the molecule is CCCCCCCCCC(CCCCO)CCCCCCC. The Morgan fingerprint density at radius 3 is 1.27 bits per heavy atom. The Hall–Kier alpha value is -0.0400. The second-order valence-corrected chi connectivity index (χ2v) is 7.20. The van der Waals surface area contributed by atoms with E-state index in [-0.39, 0.29) is 0 Å². The highest BCUT2D eigenvalue weighted by atomic mass is 16.2. The molecule has 22 heavy (non-hydrogen) atoms. The van der Waals surface area contributed by atoms with Crippen molar-refractivity contribution in [3.8, 4) is 0 Å². The minimum absolute atomic E-state index is 0.376. The third kappa shape index (κ3) is 16.3. The van der Waals surface area contributed by atoms with Crippen LogP contribution < -0.4 is 0 Å². The van der Waals surface area contributed by atoms with Gasteiger partial charge in [0.25, 0.3) is 0 Å². The molecule has 0 radical (unpaired) electrons. The summed E-state index contributed by atoms with van der Waals surface area (Å²) in [4.78, 5) is 0. The lowest BCUT2D eigenvalue weighted by molar-refractivity contribution is 0.272. The van der Waals surface area contributed by atoms with Gasteiger partial charge in [0.1, 0.15) is 0 Å². The largest absolute Gasteiger partial charge is 0.396 e. The van der Waals surface area contributed by atoms with Crippen LogP contribution in [0, 0.1) is 5.92 Å². The van der Waals surface area contributed by atoms with Crippen molar-refractivity contribution >= 4 is 0 Å². The van der Waals surface area contributed by atoms with Crippen molar-refractivity contribution < 1.29 is 5.11 Å². The standard InChI is InChI=1S/C21H44O/c1-3-5-7-9-10-12-14-18-21(19-15-16-20-22)17-13-11-8-6-4-2/h21-22H,3-20H2,1-2H3. The second kappa shape index (κ2) is 19.0. The van der Waals surface area contributed by atoms with Crippen LogP contribution in [0.1, 0.15) is 123 Å². The van der Waals surface area contributed by atoms with Crippen molar-refractivity contribution in [2.24, 2.45) is 5.92 Å². The fraction of sp³-hybridized carbons (Fsp3) is 1.00. The van der Waals surface area contributed by atoms with E-state index in [1.165, 1.54) is 103 Å². The Kier molecular flexibility index (Phi) is 19.0. The zero-order valence-electron chi connectivity index (χ0n) is 15.8. The van der Waals surface area contributed by atoms with Crippen LogP contribution in [0.4, 0.5) is 0 Å². The fourth-order valence-electron chi connectivity index (χ4n) is 3.40. The highest BCUT2D eigenvalue weighted by Gasteiger charge is 2.08. The van der Waals surface area contributed by atoms with Crippen LogP contribution in [0.5, 0.6) is 0 Å². The highest BCUT2D eigenvalue weighted by Crippen LogP contribution is 2.23. The summed E-state index contributed by atoms with van der Waals surface area (Å²) in [6.45, 7) is 4.95. The van der Waals surface area contributed by atoms with Crippen molar-refractivity contribution in [1.29, 1.82) is 0 Å². The molecule has 0 aliphatic heterocycles. The molecule has 0 saturated carbocycles. The third-order valence-electron chi connectivity index (χ3n) is 4.95. The van der Waals surface area contributed by atoms with E-state index in [2.05, 4.69) is 13.8 Å². The van der Waals surface area contributed by atoms with Gasteiger partial charge in [-0.2, -0.15) is 0 Å². The van der Waals surface area contributed by atoms with Gasteiger partial charge in [-0.25, -0.2) is 0 Å². The molecular formula is C21H44O. The van der Waals surface area contributed by atoms with Crippen LogP contribution in [-0.2, 0) is 0 Å². The number of hydrogen-bond acceptors (Lipinski definition) is 1. The van der Waals surface area contributed by atoms with Gasteiger partial charge in [-0.1, -0.05) is 117 Å². The van der Waals surface area contributed by atoms with Crippen molar-refractivity contribution in [2.75, 3.05) is 6.61 Å². The molecule has 0 aliphatic rings. The second-order valence-electron chi connectivity index (χ2n) is 7.20. The van der Waals surface area contributed by atoms with Crippen LogP contribution in [0.25, 0.3) is 0 Å². The summed E-state index contributed by atoms with van der Waals surface area (Å²) in [5.41, 5.74) is 0. The lowest BCUT2D eigenvalue weighted by Gasteiger charge is -2.16. The minimum atomic E-state index is 0.376. The zero-order chi connectivity index (χ0) is 16.3. The quantitative estimate of drug-likeness (QED) is 0.264. The molecule has 1 atom stereocenters. The molecule has 0 bridgehead atoms. The summed E-state index contributed by atoms with van der Waals surface area (Å²) in [6, 6.07) is 0. The average Bonchev–Trinajstić information content (AvgIpc) is 2.53. The smallest absolute Gasteiger partial charge is 0.0431 e. The van der Waals surface area contributed by atoms with Gasteiger partial charge < -0.3 is 5.11 Å². The lowest BCUT2D eigenvalue weighted by Crippen LogP contribution is -2.02. The normalized spacial score (nSPS) is 12.7. The van der Waals surface area contributed by atoms with E-state index in [1.54, 1.807) is 0 Å². The summed E-state index contributed by atoms with van der Waals surface area (Å²) < 4.78 is 0. The lowest BCUT2D eigenvalue weighted by atomic mass is 9.90. The molecule has 1 unspecified atom stereocenters. The topological polar surface area (TPSA) is 20.2 Å². The van der Waals surface area contributed by atoms with Crippen LogP contribution >= 0.6 is 0 Å². The van der Waals surface area contributed by atoms with Crippen LogP contribution in [-0.4, -0.2) is 11.7 Å². The van der Waals surface area contributed by atoms with E-state index in [0.717, 1.165) is 12.3 Å². The van der Waals surface area contributed by atoms with Gasteiger partial charge in [0, 0.05) is 6.61 Å². The maximum absolute atomic E-state index is 8.97. The van der Waals surface area contributed by atoms with Crippen LogP contribution in [0.3, 0.4) is 0 Å². The van der Waals surface area contributed by atoms with Crippen molar-refractivity contribution in [3.05, 3.63) is 0 Å². The summed E-state index contributed by atoms with van der Waals surface area (Å²) >= 11 is 0. The average molecular weight is 313 g/mol. The molecule has 134 valence electrons. The molecule has 0 spiro atoms. The molecule has 0 aromatic carbocycles. The number of rotatable bonds is 18. The molecule has 0 fully saturated rings. The molecule has 0 aromatic heterocycles. The fourth-order valence-corrected chi connectivity index (χ4v) is 3.40. The molecule has 0 heterocycles. The van der Waals surface area contributed by atoms with Gasteiger partial charge in [-0.3, -0.25) is 0 Å². The molecule has 0 rings (SSSR count). The Labute approximate surface area is 141 Å². The molecule has 0 aliphatic carbocycles. The summed E-state index contributed by atoms with van der Waals surface area (Å²) in [7, 11) is 0. The Balaban J connectivity index is 3.63.